The largest absolute Gasteiger partial charge is 0.458 e. The minimum Gasteiger partial charge on any atom is -0.324 e. The van der Waals surface area contributed by atoms with E-state index in [2.05, 4.69) is 5.32 Å². The first-order valence-electron chi connectivity index (χ1n) is 7.33. The van der Waals surface area contributed by atoms with Crippen LogP contribution in [0.25, 0.3) is 0 Å². The molecule has 1 N–H and O–H groups in total. The van der Waals surface area contributed by atoms with Crippen LogP contribution >= 0.6 is 23.4 Å². The number of halogens is 7. The summed E-state index contributed by atoms with van der Waals surface area (Å²) in [5.74, 6) is 1.73. The zero-order valence-electron chi connectivity index (χ0n) is 13.2. The van der Waals surface area contributed by atoms with Gasteiger partial charge in [0.1, 0.15) is 10.9 Å². The van der Waals surface area contributed by atoms with E-state index >= 15 is 0 Å². The van der Waals surface area contributed by atoms with Crippen LogP contribution < -0.4 is 10.9 Å². The first-order chi connectivity index (χ1) is 12.5. The molecule has 0 bridgehead atoms. The van der Waals surface area contributed by atoms with Crippen molar-refractivity contribution in [3.63, 3.8) is 0 Å². The van der Waals surface area contributed by atoms with Crippen LogP contribution in [0.1, 0.15) is 12.0 Å². The molecule has 0 saturated carbocycles. The van der Waals surface area contributed by atoms with Gasteiger partial charge in [-0.25, -0.2) is 13.2 Å². The van der Waals surface area contributed by atoms with Gasteiger partial charge in [0.2, 0.25) is 5.91 Å². The monoisotopic (exact) mass is 432 g/mol. The van der Waals surface area contributed by atoms with E-state index in [0.717, 1.165) is 29.9 Å². The number of thioether (sulfide) groups is 1. The highest BCUT2D eigenvalue weighted by atomic mass is 35.5. The maximum atomic E-state index is 13.4. The molecule has 3 unspecified atom stereocenters. The standard InChI is InChI=1S/C15H11ClF6N2O2S/c16-12-9(17)4-10(27-12)13(25)23-8-3-7(1-2-15(20,21)22)14(26)24(5-8)6-11(18)19/h3,5,9-12H,4,6H2,(H,23,25). The van der Waals surface area contributed by atoms with Gasteiger partial charge in [-0.3, -0.25) is 9.59 Å². The molecule has 0 radical (unpaired) electrons. The highest BCUT2D eigenvalue weighted by molar-refractivity contribution is 8.02. The lowest BCUT2D eigenvalue weighted by atomic mass is 10.2. The third-order valence-electron chi connectivity index (χ3n) is 3.34. The van der Waals surface area contributed by atoms with Gasteiger partial charge >= 0.3 is 6.18 Å². The summed E-state index contributed by atoms with van der Waals surface area (Å²) in [6.45, 7) is -1.10. The molecule has 1 aliphatic heterocycles. The van der Waals surface area contributed by atoms with Gasteiger partial charge in [-0.2, -0.15) is 13.2 Å². The third kappa shape index (κ3) is 6.10. The van der Waals surface area contributed by atoms with Gasteiger partial charge in [-0.1, -0.05) is 5.92 Å². The van der Waals surface area contributed by atoms with Gasteiger partial charge in [-0.05, 0) is 6.07 Å². The fourth-order valence-corrected chi connectivity index (χ4v) is 3.77. The average molecular weight is 433 g/mol. The Morgan fingerprint density at radius 3 is 2.63 bits per heavy atom. The number of rotatable bonds is 4. The summed E-state index contributed by atoms with van der Waals surface area (Å²) in [7, 11) is 0. The number of alkyl halides is 7. The van der Waals surface area contributed by atoms with Crippen molar-refractivity contribution in [2.45, 2.75) is 41.7 Å². The van der Waals surface area contributed by atoms with Crippen molar-refractivity contribution < 1.29 is 31.1 Å². The summed E-state index contributed by atoms with van der Waals surface area (Å²) in [6.07, 6.45) is -8.61. The Labute approximate surface area is 158 Å². The van der Waals surface area contributed by atoms with Gasteiger partial charge in [0.05, 0.1) is 23.0 Å². The van der Waals surface area contributed by atoms with Gasteiger partial charge < -0.3 is 9.88 Å². The van der Waals surface area contributed by atoms with Crippen molar-refractivity contribution in [1.29, 1.82) is 0 Å². The predicted octanol–water partition coefficient (Wildman–Crippen LogP) is 3.37. The SMILES string of the molecule is O=C(Nc1cc(C#CC(F)(F)F)c(=O)n(CC(F)F)c1)C1CC(F)C(Cl)S1. The maximum Gasteiger partial charge on any atom is 0.458 e. The summed E-state index contributed by atoms with van der Waals surface area (Å²) in [4.78, 5) is 24.1. The minimum absolute atomic E-state index is 0.178. The second kappa shape index (κ2) is 8.48. The molecular weight excluding hydrogens is 422 g/mol. The molecule has 1 aromatic rings. The fourth-order valence-electron chi connectivity index (χ4n) is 2.22. The lowest BCUT2D eigenvalue weighted by Gasteiger charge is -2.13. The molecule has 1 aromatic heterocycles. The second-order valence-electron chi connectivity index (χ2n) is 5.46. The van der Waals surface area contributed by atoms with E-state index in [1.165, 1.54) is 0 Å². The molecule has 1 fully saturated rings. The van der Waals surface area contributed by atoms with Gasteiger partial charge in [0, 0.05) is 18.5 Å². The zero-order chi connectivity index (χ0) is 20.4. The zero-order valence-corrected chi connectivity index (χ0v) is 14.8. The van der Waals surface area contributed by atoms with Crippen LogP contribution in [0.3, 0.4) is 0 Å². The van der Waals surface area contributed by atoms with Gasteiger partial charge in [-0.15, -0.1) is 23.4 Å². The number of carbonyl (C=O) groups is 1. The van der Waals surface area contributed by atoms with Gasteiger partial charge in [0.15, 0.2) is 0 Å². The van der Waals surface area contributed by atoms with E-state index in [1.807, 2.05) is 0 Å². The van der Waals surface area contributed by atoms with E-state index < -0.39 is 52.3 Å². The summed E-state index contributed by atoms with van der Waals surface area (Å²) in [6, 6.07) is 0.839. The smallest absolute Gasteiger partial charge is 0.324 e. The number of nitrogens with one attached hydrogen (secondary N) is 1. The summed E-state index contributed by atoms with van der Waals surface area (Å²) >= 11 is 6.52. The number of amides is 1. The van der Waals surface area contributed by atoms with Crippen molar-refractivity contribution in [3.05, 3.63) is 28.2 Å². The van der Waals surface area contributed by atoms with Crippen LogP contribution in [0.5, 0.6) is 0 Å². The Balaban J connectivity index is 2.33. The van der Waals surface area contributed by atoms with Crippen molar-refractivity contribution in [1.82, 2.24) is 4.57 Å². The first-order valence-corrected chi connectivity index (χ1v) is 8.71. The fraction of sp³-hybridized carbons (Fsp3) is 0.467. The van der Waals surface area contributed by atoms with E-state index in [-0.39, 0.29) is 12.1 Å². The van der Waals surface area contributed by atoms with Crippen molar-refractivity contribution in [2.24, 2.45) is 0 Å². The van der Waals surface area contributed by atoms with Crippen molar-refractivity contribution in [3.8, 4) is 11.8 Å². The van der Waals surface area contributed by atoms with E-state index in [9.17, 15) is 35.9 Å². The Bertz CT molecular complexity index is 822. The summed E-state index contributed by atoms with van der Waals surface area (Å²) in [5, 5.41) is 1.39. The highest BCUT2D eigenvalue weighted by Gasteiger charge is 2.37. The molecule has 1 saturated heterocycles. The third-order valence-corrected chi connectivity index (χ3v) is 5.21. The van der Waals surface area contributed by atoms with E-state index in [4.69, 9.17) is 11.6 Å². The molecular formula is C15H11ClF6N2O2S. The Kier molecular flexibility index (Phi) is 6.75. The normalized spacial score (nSPS) is 22.4. The molecule has 12 heteroatoms. The molecule has 1 amide bonds. The lowest BCUT2D eigenvalue weighted by Crippen LogP contribution is -2.28. The predicted molar refractivity (Wildman–Crippen MR) is 88.8 cm³/mol. The summed E-state index contributed by atoms with van der Waals surface area (Å²) < 4.78 is 74.9. The molecule has 1 aliphatic rings. The molecule has 27 heavy (non-hydrogen) atoms. The van der Waals surface area contributed by atoms with Crippen LogP contribution in [0.2, 0.25) is 0 Å². The van der Waals surface area contributed by atoms with E-state index in [1.54, 1.807) is 5.92 Å². The van der Waals surface area contributed by atoms with E-state index in [0.29, 0.717) is 4.57 Å². The van der Waals surface area contributed by atoms with Gasteiger partial charge in [0.25, 0.3) is 12.0 Å². The number of aromatic nitrogens is 1. The molecule has 0 aromatic carbocycles. The number of anilines is 1. The molecule has 4 nitrogen and oxygen atoms in total. The number of pyridine rings is 1. The maximum absolute atomic E-state index is 13.4. The molecule has 3 atom stereocenters. The second-order valence-corrected chi connectivity index (χ2v) is 7.53. The number of carbonyl (C=O) groups excluding carboxylic acids is 1. The number of nitrogens with zero attached hydrogens (tertiary/aromatic N) is 1. The topological polar surface area (TPSA) is 51.1 Å². The van der Waals surface area contributed by atoms with Crippen LogP contribution in [-0.2, 0) is 11.3 Å². The Hall–Kier alpha value is -1.80. The van der Waals surface area contributed by atoms with Crippen LogP contribution in [-0.4, -0.2) is 39.2 Å². The van der Waals surface area contributed by atoms with Crippen molar-refractivity contribution in [2.75, 3.05) is 5.32 Å². The quantitative estimate of drug-likeness (QED) is 0.451. The highest BCUT2D eigenvalue weighted by Crippen LogP contribution is 2.38. The van der Waals surface area contributed by atoms with Crippen LogP contribution in [0.4, 0.5) is 32.0 Å². The lowest BCUT2D eigenvalue weighted by molar-refractivity contribution is -0.115. The molecule has 2 rings (SSSR count). The molecule has 148 valence electrons. The minimum atomic E-state index is -4.90. The number of hydrogen-bond acceptors (Lipinski definition) is 3. The average Bonchev–Trinajstić information content (AvgIpc) is 2.87. The Morgan fingerprint density at radius 1 is 1.44 bits per heavy atom. The first kappa shape index (κ1) is 21.5. The van der Waals surface area contributed by atoms with Crippen LogP contribution in [0.15, 0.2) is 17.1 Å². The summed E-state index contributed by atoms with van der Waals surface area (Å²) in [5.41, 5.74) is -2.10. The Morgan fingerprint density at radius 2 is 2.11 bits per heavy atom. The molecule has 0 aliphatic carbocycles. The molecule has 0 spiro atoms. The van der Waals surface area contributed by atoms with Crippen LogP contribution in [0, 0.1) is 11.8 Å². The number of hydrogen-bond donors (Lipinski definition) is 1. The molecule has 2 heterocycles. The van der Waals surface area contributed by atoms with Crippen molar-refractivity contribution >= 4 is 35.0 Å².